The van der Waals surface area contributed by atoms with Crippen molar-refractivity contribution in [2.24, 2.45) is 0 Å². The minimum Gasteiger partial charge on any atom is -0.481 e. The van der Waals surface area contributed by atoms with Crippen LogP contribution in [0.5, 0.6) is 5.88 Å². The van der Waals surface area contributed by atoms with Crippen molar-refractivity contribution in [2.75, 3.05) is 30.9 Å². The first kappa shape index (κ1) is 11.2. The third kappa shape index (κ3) is 2.83. The van der Waals surface area contributed by atoms with Crippen LogP contribution in [0.3, 0.4) is 0 Å². The van der Waals surface area contributed by atoms with Gasteiger partial charge in [-0.25, -0.2) is 4.98 Å². The van der Waals surface area contributed by atoms with Crippen molar-refractivity contribution in [3.8, 4) is 5.88 Å². The second kappa shape index (κ2) is 5.14. The van der Waals surface area contributed by atoms with Crippen LogP contribution in [0.4, 0.5) is 5.95 Å². The lowest BCUT2D eigenvalue weighted by Gasteiger charge is -2.16. The summed E-state index contributed by atoms with van der Waals surface area (Å²) in [7, 11) is 3.56. The van der Waals surface area contributed by atoms with Crippen LogP contribution in [0, 0.1) is 6.92 Å². The predicted octanol–water partition coefficient (Wildman–Crippen LogP) is 1.62. The van der Waals surface area contributed by atoms with Crippen LogP contribution in [0.15, 0.2) is 6.07 Å². The molecule has 1 aromatic heterocycles. The van der Waals surface area contributed by atoms with Gasteiger partial charge in [-0.2, -0.15) is 4.98 Å². The molecule has 0 amide bonds. The monoisotopic (exact) mass is 259 g/mol. The van der Waals surface area contributed by atoms with Crippen molar-refractivity contribution in [3.63, 3.8) is 0 Å². The lowest BCUT2D eigenvalue weighted by atomic mass is 10.4. The van der Waals surface area contributed by atoms with Gasteiger partial charge >= 0.3 is 0 Å². The third-order valence-electron chi connectivity index (χ3n) is 1.79. The lowest BCUT2D eigenvalue weighted by Crippen LogP contribution is -2.22. The van der Waals surface area contributed by atoms with E-state index in [-0.39, 0.29) is 0 Å². The molecule has 0 spiro atoms. The average molecular weight is 260 g/mol. The number of hydrogen-bond donors (Lipinski definition) is 0. The van der Waals surface area contributed by atoms with Crippen molar-refractivity contribution in [2.45, 2.75) is 6.92 Å². The first-order chi connectivity index (χ1) is 6.67. The molecular weight excluding hydrogens is 246 g/mol. The Morgan fingerprint density at radius 2 is 2.21 bits per heavy atom. The quantitative estimate of drug-likeness (QED) is 0.771. The van der Waals surface area contributed by atoms with Crippen molar-refractivity contribution < 1.29 is 4.74 Å². The highest BCUT2D eigenvalue weighted by Gasteiger charge is 2.06. The standard InChI is InChI=1S/C9H14BrN3O/c1-7-6-8(14-3)12-9(11-7)13(2)5-4-10/h6H,4-5H2,1-3H3. The van der Waals surface area contributed by atoms with Crippen molar-refractivity contribution in [1.29, 1.82) is 0 Å². The molecule has 5 heteroatoms. The molecule has 0 fully saturated rings. The Labute approximate surface area is 92.4 Å². The zero-order valence-electron chi connectivity index (χ0n) is 8.62. The van der Waals surface area contributed by atoms with Gasteiger partial charge in [-0.15, -0.1) is 0 Å². The van der Waals surface area contributed by atoms with Crippen molar-refractivity contribution in [1.82, 2.24) is 9.97 Å². The van der Waals surface area contributed by atoms with E-state index in [9.17, 15) is 0 Å². The molecular formula is C9H14BrN3O. The number of aromatic nitrogens is 2. The van der Waals surface area contributed by atoms with Crippen LogP contribution in [0.2, 0.25) is 0 Å². The fourth-order valence-electron chi connectivity index (χ4n) is 1.03. The summed E-state index contributed by atoms with van der Waals surface area (Å²) in [6.07, 6.45) is 0. The summed E-state index contributed by atoms with van der Waals surface area (Å²) in [5.74, 6) is 1.30. The van der Waals surface area contributed by atoms with Gasteiger partial charge in [-0.3, -0.25) is 0 Å². The summed E-state index contributed by atoms with van der Waals surface area (Å²) in [6, 6.07) is 1.81. The second-order valence-corrected chi connectivity index (χ2v) is 3.76. The fourth-order valence-corrected chi connectivity index (χ4v) is 1.56. The van der Waals surface area contributed by atoms with Gasteiger partial charge in [0.05, 0.1) is 7.11 Å². The molecule has 0 atom stereocenters. The largest absolute Gasteiger partial charge is 0.481 e. The number of nitrogens with zero attached hydrogens (tertiary/aromatic N) is 3. The number of anilines is 1. The van der Waals surface area contributed by atoms with E-state index >= 15 is 0 Å². The van der Waals surface area contributed by atoms with Crippen LogP contribution in [-0.2, 0) is 0 Å². The third-order valence-corrected chi connectivity index (χ3v) is 2.14. The average Bonchev–Trinajstić information content (AvgIpc) is 2.17. The van der Waals surface area contributed by atoms with Crippen LogP contribution in [0.1, 0.15) is 5.69 Å². The number of hydrogen-bond acceptors (Lipinski definition) is 4. The number of aryl methyl sites for hydroxylation is 1. The van der Waals surface area contributed by atoms with Gasteiger partial charge in [0.2, 0.25) is 11.8 Å². The lowest BCUT2D eigenvalue weighted by molar-refractivity contribution is 0.396. The molecule has 0 aliphatic carbocycles. The second-order valence-electron chi connectivity index (χ2n) is 2.96. The molecule has 0 bridgehead atoms. The van der Waals surface area contributed by atoms with Gasteiger partial charge in [-0.1, -0.05) is 15.9 Å². The normalized spacial score (nSPS) is 10.0. The maximum Gasteiger partial charge on any atom is 0.228 e. The molecule has 1 aromatic rings. The number of alkyl halides is 1. The Bertz CT molecular complexity index is 306. The zero-order valence-corrected chi connectivity index (χ0v) is 10.2. The van der Waals surface area contributed by atoms with Gasteiger partial charge < -0.3 is 9.64 Å². The van der Waals surface area contributed by atoms with E-state index < -0.39 is 0 Å². The van der Waals surface area contributed by atoms with Crippen molar-refractivity contribution >= 4 is 21.9 Å². The molecule has 1 rings (SSSR count). The van der Waals surface area contributed by atoms with Gasteiger partial charge in [-0.05, 0) is 6.92 Å². The predicted molar refractivity (Wildman–Crippen MR) is 60.4 cm³/mol. The maximum absolute atomic E-state index is 5.07. The number of halogens is 1. The Morgan fingerprint density at radius 3 is 2.79 bits per heavy atom. The highest BCUT2D eigenvalue weighted by atomic mass is 79.9. The van der Waals surface area contributed by atoms with Gasteiger partial charge in [0.25, 0.3) is 0 Å². The summed E-state index contributed by atoms with van der Waals surface area (Å²) in [6.45, 7) is 2.79. The number of methoxy groups -OCH3 is 1. The van der Waals surface area contributed by atoms with E-state index in [1.54, 1.807) is 7.11 Å². The molecule has 0 aliphatic rings. The summed E-state index contributed by atoms with van der Waals surface area (Å²) < 4.78 is 5.07. The van der Waals surface area contributed by atoms with Crippen LogP contribution < -0.4 is 9.64 Å². The summed E-state index contributed by atoms with van der Waals surface area (Å²) in [5, 5.41) is 0.892. The van der Waals surface area contributed by atoms with Gasteiger partial charge in [0.15, 0.2) is 0 Å². The highest BCUT2D eigenvalue weighted by molar-refractivity contribution is 9.09. The van der Waals surface area contributed by atoms with Crippen LogP contribution >= 0.6 is 15.9 Å². The van der Waals surface area contributed by atoms with Gasteiger partial charge in [0, 0.05) is 30.7 Å². The molecule has 0 saturated heterocycles. The van der Waals surface area contributed by atoms with Crippen molar-refractivity contribution in [3.05, 3.63) is 11.8 Å². The molecule has 0 aromatic carbocycles. The van der Waals surface area contributed by atoms with E-state index in [0.717, 1.165) is 17.6 Å². The molecule has 4 nitrogen and oxygen atoms in total. The first-order valence-electron chi connectivity index (χ1n) is 4.34. The Morgan fingerprint density at radius 1 is 1.50 bits per heavy atom. The molecule has 0 N–H and O–H groups in total. The molecule has 0 saturated carbocycles. The minimum atomic E-state index is 0.605. The molecule has 0 unspecified atom stereocenters. The fraction of sp³-hybridized carbons (Fsp3) is 0.556. The Kier molecular flexibility index (Phi) is 4.13. The Balaban J connectivity index is 2.90. The van der Waals surface area contributed by atoms with E-state index in [4.69, 9.17) is 4.74 Å². The molecule has 14 heavy (non-hydrogen) atoms. The zero-order chi connectivity index (χ0) is 10.6. The van der Waals surface area contributed by atoms with E-state index in [1.807, 2.05) is 24.9 Å². The topological polar surface area (TPSA) is 38.2 Å². The minimum absolute atomic E-state index is 0.605. The van der Waals surface area contributed by atoms with E-state index in [1.165, 1.54) is 0 Å². The van der Waals surface area contributed by atoms with Crippen LogP contribution in [-0.4, -0.2) is 36.0 Å². The summed E-state index contributed by atoms with van der Waals surface area (Å²) >= 11 is 3.37. The number of ether oxygens (including phenoxy) is 1. The molecule has 1 heterocycles. The smallest absolute Gasteiger partial charge is 0.228 e. The molecule has 0 radical (unpaired) electrons. The number of rotatable bonds is 4. The molecule has 0 aliphatic heterocycles. The highest BCUT2D eigenvalue weighted by Crippen LogP contribution is 2.13. The first-order valence-corrected chi connectivity index (χ1v) is 5.46. The molecule has 78 valence electrons. The van der Waals surface area contributed by atoms with Gasteiger partial charge in [0.1, 0.15) is 0 Å². The van der Waals surface area contributed by atoms with E-state index in [0.29, 0.717) is 11.8 Å². The summed E-state index contributed by atoms with van der Waals surface area (Å²) in [5.41, 5.74) is 0.910. The van der Waals surface area contributed by atoms with E-state index in [2.05, 4.69) is 25.9 Å². The maximum atomic E-state index is 5.07. The Hall–Kier alpha value is -0.840. The summed E-state index contributed by atoms with van der Waals surface area (Å²) in [4.78, 5) is 10.5. The SMILES string of the molecule is COc1cc(C)nc(N(C)CCBr)n1. The van der Waals surface area contributed by atoms with Crippen LogP contribution in [0.25, 0.3) is 0 Å².